The van der Waals surface area contributed by atoms with Gasteiger partial charge in [0.25, 0.3) is 0 Å². The summed E-state index contributed by atoms with van der Waals surface area (Å²) in [5.74, 6) is 0.539. The predicted molar refractivity (Wildman–Crippen MR) is 132 cm³/mol. The van der Waals surface area contributed by atoms with Crippen molar-refractivity contribution < 1.29 is 13.2 Å². The highest BCUT2D eigenvalue weighted by Gasteiger charge is 2.38. The van der Waals surface area contributed by atoms with E-state index in [1.54, 1.807) is 26.2 Å². The number of carbonyl (C=O) groups excluding carboxylic acids is 1. The monoisotopic (exact) mass is 564 g/mol. The molecule has 0 spiro atoms. The van der Waals surface area contributed by atoms with Gasteiger partial charge in [-0.15, -0.1) is 24.0 Å². The molecule has 0 radical (unpaired) electrons. The number of aliphatic imine (C=N–C) groups is 1. The van der Waals surface area contributed by atoms with Crippen molar-refractivity contribution in [1.82, 2.24) is 20.4 Å². The lowest BCUT2D eigenvalue weighted by Crippen LogP contribution is -2.47. The number of guanidine groups is 1. The van der Waals surface area contributed by atoms with Crippen LogP contribution in [-0.4, -0.2) is 75.4 Å². The Hall–Kier alpha value is -1.44. The second-order valence-electron chi connectivity index (χ2n) is 8.35. The van der Waals surface area contributed by atoms with Crippen LogP contribution in [-0.2, 0) is 21.4 Å². The van der Waals surface area contributed by atoms with Crippen LogP contribution >= 0.6 is 24.0 Å². The lowest BCUT2D eigenvalue weighted by molar-refractivity contribution is -0.127. The normalized spacial score (nSPS) is 22.0. The maximum atomic E-state index is 12.0. The van der Waals surface area contributed by atoms with E-state index < -0.39 is 10.0 Å². The molecule has 2 fully saturated rings. The number of amides is 1. The first kappa shape index (κ1) is 25.8. The molecular formula is C20H33IN6O3S. The molecule has 1 aromatic carbocycles. The number of sulfonamides is 1. The van der Waals surface area contributed by atoms with Crippen molar-refractivity contribution in [3.8, 4) is 0 Å². The third kappa shape index (κ3) is 7.58. The van der Waals surface area contributed by atoms with Crippen LogP contribution in [0.5, 0.6) is 0 Å². The van der Waals surface area contributed by atoms with Crippen LogP contribution in [0.2, 0.25) is 0 Å². The first-order valence-electron chi connectivity index (χ1n) is 10.3. The molecule has 2 unspecified atom stereocenters. The third-order valence-corrected chi connectivity index (χ3v) is 6.49. The van der Waals surface area contributed by atoms with E-state index in [1.807, 2.05) is 0 Å². The fourth-order valence-electron chi connectivity index (χ4n) is 3.69. The van der Waals surface area contributed by atoms with Crippen LogP contribution in [0, 0.1) is 0 Å². The van der Waals surface area contributed by atoms with Gasteiger partial charge in [-0.2, -0.15) is 0 Å². The van der Waals surface area contributed by atoms with Gasteiger partial charge in [0.2, 0.25) is 15.9 Å². The number of halogens is 1. The SMILES string of the molecule is CC1CC(NC(=NCc2ccc(S(N)(=O)=O)cc2)NCC(=O)N(C)C)CN1C1CC1.I. The Morgan fingerprint density at radius 1 is 1.26 bits per heavy atom. The molecule has 174 valence electrons. The molecule has 9 nitrogen and oxygen atoms in total. The zero-order chi connectivity index (χ0) is 21.9. The highest BCUT2D eigenvalue weighted by Crippen LogP contribution is 2.33. The predicted octanol–water partition coefficient (Wildman–Crippen LogP) is 0.701. The molecule has 2 aliphatic rings. The molecule has 1 saturated heterocycles. The number of likely N-dealkylation sites (tertiary alicyclic amines) is 1. The fraction of sp³-hybridized carbons (Fsp3) is 0.600. The first-order chi connectivity index (χ1) is 14.1. The zero-order valence-electron chi connectivity index (χ0n) is 18.2. The van der Waals surface area contributed by atoms with Crippen molar-refractivity contribution in [2.24, 2.45) is 10.1 Å². The van der Waals surface area contributed by atoms with Crippen molar-refractivity contribution in [1.29, 1.82) is 0 Å². The van der Waals surface area contributed by atoms with Crippen molar-refractivity contribution >= 4 is 45.9 Å². The van der Waals surface area contributed by atoms with E-state index in [1.165, 1.54) is 29.9 Å². The fourth-order valence-corrected chi connectivity index (χ4v) is 4.21. The van der Waals surface area contributed by atoms with Gasteiger partial charge < -0.3 is 15.5 Å². The first-order valence-corrected chi connectivity index (χ1v) is 11.8. The van der Waals surface area contributed by atoms with Gasteiger partial charge in [0.15, 0.2) is 5.96 Å². The second kappa shape index (κ2) is 10.9. The highest BCUT2D eigenvalue weighted by molar-refractivity contribution is 14.0. The van der Waals surface area contributed by atoms with E-state index in [-0.39, 0.29) is 47.4 Å². The molecule has 1 aliphatic heterocycles. The number of hydrogen-bond acceptors (Lipinski definition) is 5. The number of nitrogens with two attached hydrogens (primary N) is 1. The Balaban J connectivity index is 0.00000341. The summed E-state index contributed by atoms with van der Waals surface area (Å²) < 4.78 is 22.8. The smallest absolute Gasteiger partial charge is 0.241 e. The Kier molecular flexibility index (Phi) is 9.10. The molecule has 4 N–H and O–H groups in total. The molecule has 1 heterocycles. The van der Waals surface area contributed by atoms with Crippen LogP contribution < -0.4 is 15.8 Å². The molecule has 31 heavy (non-hydrogen) atoms. The van der Waals surface area contributed by atoms with Crippen molar-refractivity contribution in [3.63, 3.8) is 0 Å². The average Bonchev–Trinajstić information content (AvgIpc) is 3.46. The number of hydrogen-bond donors (Lipinski definition) is 3. The van der Waals surface area contributed by atoms with Crippen molar-refractivity contribution in [2.45, 2.75) is 55.8 Å². The zero-order valence-corrected chi connectivity index (χ0v) is 21.4. The minimum Gasteiger partial charge on any atom is -0.352 e. The Labute approximate surface area is 201 Å². The molecule has 1 aromatic rings. The van der Waals surface area contributed by atoms with Gasteiger partial charge in [0, 0.05) is 38.8 Å². The molecule has 0 aromatic heterocycles. The second-order valence-corrected chi connectivity index (χ2v) is 9.91. The number of rotatable bonds is 7. The molecule has 2 atom stereocenters. The average molecular weight is 564 g/mol. The topological polar surface area (TPSA) is 120 Å². The van der Waals surface area contributed by atoms with E-state index >= 15 is 0 Å². The number of benzene rings is 1. The van der Waals surface area contributed by atoms with E-state index in [0.29, 0.717) is 24.6 Å². The van der Waals surface area contributed by atoms with Crippen LogP contribution in [0.3, 0.4) is 0 Å². The molecule has 1 saturated carbocycles. The Bertz CT molecular complexity index is 887. The number of likely N-dealkylation sites (N-methyl/N-ethyl adjacent to an activating group) is 1. The van der Waals surface area contributed by atoms with E-state index in [9.17, 15) is 13.2 Å². The molecular weight excluding hydrogens is 531 g/mol. The van der Waals surface area contributed by atoms with E-state index in [4.69, 9.17) is 5.14 Å². The number of carbonyl (C=O) groups is 1. The summed E-state index contributed by atoms with van der Waals surface area (Å²) in [6.45, 7) is 3.73. The number of nitrogens with zero attached hydrogens (tertiary/aromatic N) is 3. The molecule has 0 bridgehead atoms. The highest BCUT2D eigenvalue weighted by atomic mass is 127. The van der Waals surface area contributed by atoms with Gasteiger partial charge in [-0.25, -0.2) is 18.5 Å². The van der Waals surface area contributed by atoms with Crippen LogP contribution in [0.1, 0.15) is 31.7 Å². The van der Waals surface area contributed by atoms with Gasteiger partial charge >= 0.3 is 0 Å². The molecule has 3 rings (SSSR count). The minimum atomic E-state index is -3.71. The van der Waals surface area contributed by atoms with Gasteiger partial charge in [-0.3, -0.25) is 9.69 Å². The standard InChI is InChI=1S/C20H32N6O3S.HI/c1-14-10-16(13-26(14)17-6-7-17)24-20(23-12-19(27)25(2)3)22-11-15-4-8-18(9-5-15)30(21,28)29;/h4-5,8-9,14,16-17H,6-7,10-13H2,1-3H3,(H2,21,28,29)(H2,22,23,24);1H. The summed E-state index contributed by atoms with van der Waals surface area (Å²) in [7, 11) is -0.281. The molecule has 11 heteroatoms. The third-order valence-electron chi connectivity index (χ3n) is 5.56. The van der Waals surface area contributed by atoms with E-state index in [0.717, 1.165) is 18.5 Å². The van der Waals surface area contributed by atoms with E-state index in [2.05, 4.69) is 27.4 Å². The van der Waals surface area contributed by atoms with Crippen LogP contribution in [0.4, 0.5) is 0 Å². The van der Waals surface area contributed by atoms with Crippen molar-refractivity contribution in [3.05, 3.63) is 29.8 Å². The summed E-state index contributed by atoms with van der Waals surface area (Å²) in [6, 6.07) is 7.85. The Morgan fingerprint density at radius 2 is 1.90 bits per heavy atom. The van der Waals surface area contributed by atoms with Gasteiger partial charge in [0.05, 0.1) is 18.0 Å². The summed E-state index contributed by atoms with van der Waals surface area (Å²) in [4.78, 5) is 20.8. The largest absolute Gasteiger partial charge is 0.352 e. The lowest BCUT2D eigenvalue weighted by Gasteiger charge is -2.20. The maximum Gasteiger partial charge on any atom is 0.241 e. The quantitative estimate of drug-likeness (QED) is 0.255. The minimum absolute atomic E-state index is 0. The van der Waals surface area contributed by atoms with Gasteiger partial charge in [0.1, 0.15) is 0 Å². The van der Waals surface area contributed by atoms with Crippen LogP contribution in [0.25, 0.3) is 0 Å². The molecule has 1 amide bonds. The maximum absolute atomic E-state index is 12.0. The van der Waals surface area contributed by atoms with Crippen molar-refractivity contribution in [2.75, 3.05) is 27.2 Å². The van der Waals surface area contributed by atoms with Gasteiger partial charge in [-0.1, -0.05) is 12.1 Å². The summed E-state index contributed by atoms with van der Waals surface area (Å²) >= 11 is 0. The number of primary sulfonamides is 1. The lowest BCUT2D eigenvalue weighted by atomic mass is 10.2. The summed E-state index contributed by atoms with van der Waals surface area (Å²) in [5.41, 5.74) is 0.849. The molecule has 1 aliphatic carbocycles. The summed E-state index contributed by atoms with van der Waals surface area (Å²) in [5, 5.41) is 11.7. The summed E-state index contributed by atoms with van der Waals surface area (Å²) in [6.07, 6.45) is 3.59. The number of nitrogens with one attached hydrogen (secondary N) is 2. The van der Waals surface area contributed by atoms with Crippen LogP contribution in [0.15, 0.2) is 34.2 Å². The van der Waals surface area contributed by atoms with Gasteiger partial charge in [-0.05, 0) is 43.9 Å². The Morgan fingerprint density at radius 3 is 2.45 bits per heavy atom.